The van der Waals surface area contributed by atoms with Gasteiger partial charge in [0, 0.05) is 38.8 Å². The second kappa shape index (κ2) is 8.68. The average Bonchev–Trinajstić information content (AvgIpc) is 2.62. The van der Waals surface area contributed by atoms with Crippen molar-refractivity contribution in [1.82, 2.24) is 24.8 Å². The van der Waals surface area contributed by atoms with Gasteiger partial charge in [-0.15, -0.1) is 0 Å². The highest BCUT2D eigenvalue weighted by Gasteiger charge is 2.19. The van der Waals surface area contributed by atoms with Gasteiger partial charge in [-0.25, -0.2) is 4.98 Å². The van der Waals surface area contributed by atoms with E-state index in [-0.39, 0.29) is 5.91 Å². The van der Waals surface area contributed by atoms with E-state index in [2.05, 4.69) is 32.5 Å². The third kappa shape index (κ3) is 4.86. The highest BCUT2D eigenvalue weighted by Crippen LogP contribution is 2.26. The number of fused-ring (bicyclic) bond motifs is 1. The lowest BCUT2D eigenvalue weighted by atomic mass is 10.1. The first kappa shape index (κ1) is 20.3. The van der Waals surface area contributed by atoms with Gasteiger partial charge in [0.1, 0.15) is 5.82 Å². The summed E-state index contributed by atoms with van der Waals surface area (Å²) in [7, 11) is 5.68. The van der Waals surface area contributed by atoms with Gasteiger partial charge in [0.05, 0.1) is 5.39 Å². The van der Waals surface area contributed by atoms with Crippen molar-refractivity contribution in [2.24, 2.45) is 0 Å². The molecule has 0 radical (unpaired) electrons. The van der Waals surface area contributed by atoms with Crippen molar-refractivity contribution < 1.29 is 4.79 Å². The van der Waals surface area contributed by atoms with Crippen LogP contribution in [-0.2, 0) is 4.79 Å². The van der Waals surface area contributed by atoms with Crippen molar-refractivity contribution in [3.63, 3.8) is 0 Å². The van der Waals surface area contributed by atoms with Crippen molar-refractivity contribution in [2.75, 3.05) is 51.4 Å². The van der Waals surface area contributed by atoms with Crippen LogP contribution in [0, 0.1) is 13.8 Å². The number of aromatic nitrogens is 3. The van der Waals surface area contributed by atoms with E-state index < -0.39 is 0 Å². The molecule has 0 saturated carbocycles. The number of pyridine rings is 1. The minimum Gasteiger partial charge on any atom is -0.369 e. The van der Waals surface area contributed by atoms with Crippen LogP contribution in [-0.4, -0.2) is 77.5 Å². The number of nitrogens with zero attached hydrogens (tertiary/aromatic N) is 5. The Labute approximate surface area is 166 Å². The SMILES string of the molecule is Cc1cc(C)c2c(NCCC(=O)N(C)C)nc(NC3CCN(C)CC3)nc2n1. The number of nitrogens with one attached hydrogen (secondary N) is 2. The second-order valence-electron chi connectivity index (χ2n) is 7.86. The smallest absolute Gasteiger partial charge is 0.226 e. The van der Waals surface area contributed by atoms with E-state index in [1.165, 1.54) is 0 Å². The number of carbonyl (C=O) groups is 1. The Kier molecular flexibility index (Phi) is 6.28. The molecule has 2 aromatic rings. The Hall–Kier alpha value is -2.48. The number of anilines is 2. The molecule has 0 aromatic carbocycles. The van der Waals surface area contributed by atoms with E-state index in [9.17, 15) is 4.79 Å². The van der Waals surface area contributed by atoms with Crippen molar-refractivity contribution >= 4 is 28.7 Å². The highest BCUT2D eigenvalue weighted by atomic mass is 16.2. The predicted molar refractivity (Wildman–Crippen MR) is 113 cm³/mol. The quantitative estimate of drug-likeness (QED) is 0.787. The summed E-state index contributed by atoms with van der Waals surface area (Å²) in [4.78, 5) is 29.9. The molecule has 1 aliphatic rings. The highest BCUT2D eigenvalue weighted by molar-refractivity contribution is 5.91. The van der Waals surface area contributed by atoms with Gasteiger partial charge in [-0.3, -0.25) is 4.79 Å². The summed E-state index contributed by atoms with van der Waals surface area (Å²) in [5.41, 5.74) is 2.70. The molecule has 0 aliphatic carbocycles. The summed E-state index contributed by atoms with van der Waals surface area (Å²) in [6, 6.07) is 2.40. The standard InChI is InChI=1S/C20H31N7O/c1-13-12-14(2)22-19-17(13)18(21-9-6-16(28)26(3)4)24-20(25-19)23-15-7-10-27(5)11-8-15/h12,15H,6-11H2,1-5H3,(H2,21,22,23,24,25). The largest absolute Gasteiger partial charge is 0.369 e. The fourth-order valence-corrected chi connectivity index (χ4v) is 3.52. The third-order valence-electron chi connectivity index (χ3n) is 5.17. The van der Waals surface area contributed by atoms with Gasteiger partial charge in [0.2, 0.25) is 11.9 Å². The topological polar surface area (TPSA) is 86.3 Å². The Morgan fingerprint density at radius 1 is 1.21 bits per heavy atom. The van der Waals surface area contributed by atoms with Crippen molar-refractivity contribution in [1.29, 1.82) is 0 Å². The number of piperidine rings is 1. The first-order valence-corrected chi connectivity index (χ1v) is 9.88. The lowest BCUT2D eigenvalue weighted by molar-refractivity contribution is -0.128. The lowest BCUT2D eigenvalue weighted by Gasteiger charge is -2.29. The van der Waals surface area contributed by atoms with Crippen LogP contribution in [0.25, 0.3) is 11.0 Å². The molecule has 1 amide bonds. The molecule has 0 atom stereocenters. The number of aryl methyl sites for hydroxylation is 2. The van der Waals surface area contributed by atoms with Crippen molar-refractivity contribution in [2.45, 2.75) is 39.2 Å². The van der Waals surface area contributed by atoms with Crippen LogP contribution in [0.3, 0.4) is 0 Å². The van der Waals surface area contributed by atoms with Crippen LogP contribution < -0.4 is 10.6 Å². The maximum atomic E-state index is 11.9. The van der Waals surface area contributed by atoms with Gasteiger partial charge >= 0.3 is 0 Å². The molecule has 0 bridgehead atoms. The molecule has 0 unspecified atom stereocenters. The van der Waals surface area contributed by atoms with Gasteiger partial charge in [0.15, 0.2) is 5.65 Å². The van der Waals surface area contributed by atoms with Crippen molar-refractivity contribution in [3.05, 3.63) is 17.3 Å². The average molecular weight is 386 g/mol. The Balaban J connectivity index is 1.85. The zero-order valence-corrected chi connectivity index (χ0v) is 17.5. The molecule has 8 heteroatoms. The zero-order chi connectivity index (χ0) is 20.3. The first-order valence-electron chi connectivity index (χ1n) is 9.88. The van der Waals surface area contributed by atoms with Crippen LogP contribution >= 0.6 is 0 Å². The second-order valence-corrected chi connectivity index (χ2v) is 7.86. The summed E-state index contributed by atoms with van der Waals surface area (Å²) in [6.45, 7) is 6.67. The number of amides is 1. The van der Waals surface area contributed by atoms with Gasteiger partial charge < -0.3 is 20.4 Å². The van der Waals surface area contributed by atoms with E-state index in [0.29, 0.717) is 30.6 Å². The molecule has 1 fully saturated rings. The molecule has 1 aliphatic heterocycles. The normalized spacial score (nSPS) is 15.6. The molecular formula is C20H31N7O. The minimum absolute atomic E-state index is 0.0845. The van der Waals surface area contributed by atoms with Gasteiger partial charge in [-0.1, -0.05) is 0 Å². The minimum atomic E-state index is 0.0845. The summed E-state index contributed by atoms with van der Waals surface area (Å²) in [6.07, 6.45) is 2.55. The molecule has 2 N–H and O–H groups in total. The maximum Gasteiger partial charge on any atom is 0.226 e. The fourth-order valence-electron chi connectivity index (χ4n) is 3.52. The van der Waals surface area contributed by atoms with E-state index in [1.807, 2.05) is 19.9 Å². The first-order chi connectivity index (χ1) is 13.3. The van der Waals surface area contributed by atoms with E-state index in [1.54, 1.807) is 19.0 Å². The predicted octanol–water partition coefficient (Wildman–Crippen LogP) is 2.04. The number of carbonyl (C=O) groups excluding carboxylic acids is 1. The molecule has 2 aromatic heterocycles. The van der Waals surface area contributed by atoms with Gasteiger partial charge in [-0.05, 0) is 58.5 Å². The third-order valence-corrected chi connectivity index (χ3v) is 5.17. The molecule has 3 rings (SSSR count). The zero-order valence-electron chi connectivity index (χ0n) is 17.5. The van der Waals surface area contributed by atoms with Crippen LogP contribution in [0.4, 0.5) is 11.8 Å². The summed E-state index contributed by atoms with van der Waals surface area (Å²) < 4.78 is 0. The van der Waals surface area contributed by atoms with Crippen LogP contribution in [0.5, 0.6) is 0 Å². The van der Waals surface area contributed by atoms with Crippen LogP contribution in [0.15, 0.2) is 6.07 Å². The molecule has 28 heavy (non-hydrogen) atoms. The molecule has 152 valence electrons. The molecule has 8 nitrogen and oxygen atoms in total. The number of hydrogen-bond acceptors (Lipinski definition) is 7. The molecule has 3 heterocycles. The van der Waals surface area contributed by atoms with E-state index in [4.69, 9.17) is 4.98 Å². The number of likely N-dealkylation sites (tertiary alicyclic amines) is 1. The van der Waals surface area contributed by atoms with Crippen LogP contribution in [0.2, 0.25) is 0 Å². The lowest BCUT2D eigenvalue weighted by Crippen LogP contribution is -2.37. The molecule has 1 saturated heterocycles. The maximum absolute atomic E-state index is 11.9. The Morgan fingerprint density at radius 3 is 2.61 bits per heavy atom. The Morgan fingerprint density at radius 2 is 1.93 bits per heavy atom. The molecule has 0 spiro atoms. The monoisotopic (exact) mass is 385 g/mol. The fraction of sp³-hybridized carbons (Fsp3) is 0.600. The van der Waals surface area contributed by atoms with Gasteiger partial charge in [0.25, 0.3) is 0 Å². The van der Waals surface area contributed by atoms with Gasteiger partial charge in [-0.2, -0.15) is 9.97 Å². The number of rotatable bonds is 6. The summed E-state index contributed by atoms with van der Waals surface area (Å²) in [5.74, 6) is 1.42. The summed E-state index contributed by atoms with van der Waals surface area (Å²) >= 11 is 0. The molecular weight excluding hydrogens is 354 g/mol. The summed E-state index contributed by atoms with van der Waals surface area (Å²) in [5, 5.41) is 7.73. The van der Waals surface area contributed by atoms with E-state index >= 15 is 0 Å². The number of hydrogen-bond donors (Lipinski definition) is 2. The van der Waals surface area contributed by atoms with Crippen LogP contribution in [0.1, 0.15) is 30.5 Å². The van der Waals surface area contributed by atoms with E-state index in [0.717, 1.165) is 48.4 Å². The van der Waals surface area contributed by atoms with Crippen molar-refractivity contribution in [3.8, 4) is 0 Å². The Bertz CT molecular complexity index is 844.